The van der Waals surface area contributed by atoms with Crippen molar-refractivity contribution in [3.05, 3.63) is 30.1 Å². The van der Waals surface area contributed by atoms with Gasteiger partial charge in [0.25, 0.3) is 0 Å². The van der Waals surface area contributed by atoms with E-state index in [0.717, 1.165) is 0 Å². The molecule has 1 rings (SSSR count). The SMILES string of the molecule is O=C(CBr)Nc1ccccc1F. The molecule has 2 nitrogen and oxygen atoms in total. The van der Waals surface area contributed by atoms with Crippen LogP contribution < -0.4 is 5.32 Å². The van der Waals surface area contributed by atoms with E-state index in [0.29, 0.717) is 0 Å². The Kier molecular flexibility index (Phi) is 3.22. The second-order valence-corrected chi connectivity index (χ2v) is 2.72. The molecule has 0 bridgehead atoms. The number of anilines is 1. The molecule has 0 atom stereocenters. The lowest BCUT2D eigenvalue weighted by molar-refractivity contribution is -0.113. The number of nitrogens with one attached hydrogen (secondary N) is 1. The molecule has 0 aromatic heterocycles. The van der Waals surface area contributed by atoms with Crippen molar-refractivity contribution in [2.75, 3.05) is 10.6 Å². The third-order valence-corrected chi connectivity index (χ3v) is 1.78. The Balaban J connectivity index is 2.75. The lowest BCUT2D eigenvalue weighted by Gasteiger charge is -2.02. The summed E-state index contributed by atoms with van der Waals surface area (Å²) < 4.78 is 12.9. The van der Waals surface area contributed by atoms with E-state index >= 15 is 0 Å². The molecule has 0 unspecified atom stereocenters. The van der Waals surface area contributed by atoms with Gasteiger partial charge in [0.2, 0.25) is 5.91 Å². The van der Waals surface area contributed by atoms with Gasteiger partial charge in [-0.25, -0.2) is 4.39 Å². The summed E-state index contributed by atoms with van der Waals surface area (Å²) in [5.74, 6) is -0.688. The number of amides is 1. The maximum atomic E-state index is 12.9. The van der Waals surface area contributed by atoms with Crippen LogP contribution in [0, 0.1) is 5.82 Å². The van der Waals surface area contributed by atoms with E-state index in [9.17, 15) is 9.18 Å². The summed E-state index contributed by atoms with van der Waals surface area (Å²) in [6.45, 7) is 0. The van der Waals surface area contributed by atoms with Crippen LogP contribution in [-0.4, -0.2) is 11.2 Å². The number of hydrogen-bond acceptors (Lipinski definition) is 1. The zero-order valence-electron chi connectivity index (χ0n) is 6.18. The highest BCUT2D eigenvalue weighted by molar-refractivity contribution is 9.09. The van der Waals surface area contributed by atoms with Gasteiger partial charge in [-0.15, -0.1) is 0 Å². The predicted molar refractivity (Wildman–Crippen MR) is 48.8 cm³/mol. The van der Waals surface area contributed by atoms with E-state index in [1.807, 2.05) is 0 Å². The molecule has 0 saturated heterocycles. The van der Waals surface area contributed by atoms with E-state index in [1.165, 1.54) is 12.1 Å². The van der Waals surface area contributed by atoms with Gasteiger partial charge in [0.15, 0.2) is 0 Å². The van der Waals surface area contributed by atoms with Crippen molar-refractivity contribution in [2.24, 2.45) is 0 Å². The van der Waals surface area contributed by atoms with Gasteiger partial charge >= 0.3 is 0 Å². The molecule has 0 aliphatic heterocycles. The summed E-state index contributed by atoms with van der Waals surface area (Å²) in [6, 6.07) is 6.03. The Morgan fingerprint density at radius 3 is 2.75 bits per heavy atom. The van der Waals surface area contributed by atoms with Gasteiger partial charge in [0.05, 0.1) is 11.0 Å². The van der Waals surface area contributed by atoms with Crippen molar-refractivity contribution in [1.29, 1.82) is 0 Å². The van der Waals surface area contributed by atoms with E-state index in [-0.39, 0.29) is 16.9 Å². The van der Waals surface area contributed by atoms with Crippen molar-refractivity contribution in [2.45, 2.75) is 0 Å². The molecule has 1 amide bonds. The molecular weight excluding hydrogens is 225 g/mol. The predicted octanol–water partition coefficient (Wildman–Crippen LogP) is 2.16. The Hall–Kier alpha value is -0.900. The topological polar surface area (TPSA) is 29.1 Å². The first-order valence-corrected chi connectivity index (χ1v) is 4.46. The summed E-state index contributed by atoms with van der Waals surface area (Å²) in [5.41, 5.74) is 0.210. The first kappa shape index (κ1) is 9.19. The average molecular weight is 232 g/mol. The molecule has 1 N–H and O–H groups in total. The summed E-state index contributed by atoms with van der Waals surface area (Å²) in [5, 5.41) is 2.57. The number of para-hydroxylation sites is 1. The lowest BCUT2D eigenvalue weighted by atomic mass is 10.3. The maximum Gasteiger partial charge on any atom is 0.235 e. The van der Waals surface area contributed by atoms with Gasteiger partial charge in [0.1, 0.15) is 5.82 Å². The normalized spacial score (nSPS) is 9.50. The Labute approximate surface area is 77.9 Å². The third-order valence-electron chi connectivity index (χ3n) is 1.27. The highest BCUT2D eigenvalue weighted by atomic mass is 79.9. The van der Waals surface area contributed by atoms with Crippen LogP contribution >= 0.6 is 15.9 Å². The van der Waals surface area contributed by atoms with Crippen LogP contribution in [-0.2, 0) is 4.79 Å². The highest BCUT2D eigenvalue weighted by Gasteiger charge is 2.03. The van der Waals surface area contributed by atoms with Crippen molar-refractivity contribution < 1.29 is 9.18 Å². The van der Waals surface area contributed by atoms with Gasteiger partial charge in [-0.1, -0.05) is 28.1 Å². The van der Waals surface area contributed by atoms with Crippen LogP contribution in [0.5, 0.6) is 0 Å². The molecule has 1 aromatic carbocycles. The summed E-state index contributed by atoms with van der Waals surface area (Å²) in [7, 11) is 0. The number of alkyl halides is 1. The van der Waals surface area contributed by atoms with Crippen LogP contribution in [0.4, 0.5) is 10.1 Å². The van der Waals surface area contributed by atoms with Crippen LogP contribution in [0.3, 0.4) is 0 Å². The number of rotatable bonds is 2. The van der Waals surface area contributed by atoms with Crippen LogP contribution in [0.1, 0.15) is 0 Å². The standard InChI is InChI=1S/C8H7BrFNO/c9-5-8(12)11-7-4-2-1-3-6(7)10/h1-4H,5H2,(H,11,12). The fraction of sp³-hybridized carbons (Fsp3) is 0.125. The van der Waals surface area contributed by atoms with Gasteiger partial charge in [-0.05, 0) is 12.1 Å². The first-order valence-electron chi connectivity index (χ1n) is 3.34. The first-order chi connectivity index (χ1) is 5.74. The fourth-order valence-corrected chi connectivity index (χ4v) is 0.886. The molecule has 0 radical (unpaired) electrons. The van der Waals surface area contributed by atoms with Crippen LogP contribution in [0.15, 0.2) is 24.3 Å². The Morgan fingerprint density at radius 1 is 1.50 bits per heavy atom. The maximum absolute atomic E-state index is 12.9. The number of hydrogen-bond donors (Lipinski definition) is 1. The van der Waals surface area contributed by atoms with Gasteiger partial charge in [-0.2, -0.15) is 0 Å². The second kappa shape index (κ2) is 4.21. The van der Waals surface area contributed by atoms with Crippen molar-refractivity contribution >= 4 is 27.5 Å². The minimum Gasteiger partial charge on any atom is -0.323 e. The molecule has 0 aliphatic carbocycles. The zero-order chi connectivity index (χ0) is 8.97. The number of carbonyl (C=O) groups is 1. The van der Waals surface area contributed by atoms with Gasteiger partial charge in [0, 0.05) is 0 Å². The van der Waals surface area contributed by atoms with Gasteiger partial charge < -0.3 is 5.32 Å². The summed E-state index contributed by atoms with van der Waals surface area (Å²) in [4.78, 5) is 10.8. The minimum absolute atomic E-state index is 0.168. The lowest BCUT2D eigenvalue weighted by Crippen LogP contribution is -2.13. The number of benzene rings is 1. The van der Waals surface area contributed by atoms with Crippen LogP contribution in [0.25, 0.3) is 0 Å². The molecule has 1 aromatic rings. The zero-order valence-corrected chi connectivity index (χ0v) is 7.77. The Bertz CT molecular complexity index is 290. The van der Waals surface area contributed by atoms with E-state index in [1.54, 1.807) is 12.1 Å². The quantitative estimate of drug-likeness (QED) is 0.777. The Morgan fingerprint density at radius 2 is 2.17 bits per heavy atom. The van der Waals surface area contributed by atoms with Crippen LogP contribution in [0.2, 0.25) is 0 Å². The van der Waals surface area contributed by atoms with E-state index in [2.05, 4.69) is 21.2 Å². The molecule has 64 valence electrons. The summed E-state index contributed by atoms with van der Waals surface area (Å²) >= 11 is 2.96. The van der Waals surface area contributed by atoms with E-state index < -0.39 is 5.82 Å². The molecular formula is C8H7BrFNO. The van der Waals surface area contributed by atoms with E-state index in [4.69, 9.17) is 0 Å². The molecule has 4 heteroatoms. The summed E-state index contributed by atoms with van der Waals surface area (Å²) in [6.07, 6.45) is 0. The average Bonchev–Trinajstić information content (AvgIpc) is 2.09. The molecule has 0 aliphatic rings. The minimum atomic E-state index is -0.424. The second-order valence-electron chi connectivity index (χ2n) is 2.16. The molecule has 0 heterocycles. The molecule has 12 heavy (non-hydrogen) atoms. The third kappa shape index (κ3) is 2.30. The van der Waals surface area contributed by atoms with Crippen molar-refractivity contribution in [1.82, 2.24) is 0 Å². The molecule has 0 saturated carbocycles. The highest BCUT2D eigenvalue weighted by Crippen LogP contribution is 2.11. The van der Waals surface area contributed by atoms with Gasteiger partial charge in [-0.3, -0.25) is 4.79 Å². The number of halogens is 2. The monoisotopic (exact) mass is 231 g/mol. The van der Waals surface area contributed by atoms with Crippen molar-refractivity contribution in [3.8, 4) is 0 Å². The molecule has 0 spiro atoms. The fourth-order valence-electron chi connectivity index (χ4n) is 0.746. The molecule has 0 fully saturated rings. The van der Waals surface area contributed by atoms with Crippen molar-refractivity contribution in [3.63, 3.8) is 0 Å². The largest absolute Gasteiger partial charge is 0.323 e. The number of carbonyl (C=O) groups excluding carboxylic acids is 1. The smallest absolute Gasteiger partial charge is 0.235 e.